The predicted molar refractivity (Wildman–Crippen MR) is 111 cm³/mol. The Balaban J connectivity index is 1.39. The molecule has 0 amide bonds. The molecule has 0 aliphatic heterocycles. The molecule has 1 spiro atoms. The van der Waals surface area contributed by atoms with Gasteiger partial charge in [0, 0.05) is 16.4 Å². The molecule has 0 heterocycles. The highest BCUT2D eigenvalue weighted by Gasteiger charge is 2.95. The van der Waals surface area contributed by atoms with Crippen LogP contribution in [0.2, 0.25) is 0 Å². The molecule has 4 aliphatic carbocycles. The van der Waals surface area contributed by atoms with E-state index in [1.807, 2.05) is 10.8 Å². The number of nitrogens with one attached hydrogen (secondary N) is 1. The Morgan fingerprint density at radius 2 is 2.04 bits per heavy atom. The summed E-state index contributed by atoms with van der Waals surface area (Å²) in [5.41, 5.74) is 0.878. The lowest BCUT2D eigenvalue weighted by Crippen LogP contribution is -2.45. The number of carbonyl (C=O) groups excluding carboxylic acids is 1. The van der Waals surface area contributed by atoms with Crippen molar-refractivity contribution in [1.29, 1.82) is 0 Å². The average Bonchev–Trinajstić information content (AvgIpc) is 3.35. The molecule has 0 bridgehead atoms. The number of ether oxygens (including phenoxy) is 1. The minimum absolute atomic E-state index is 0.0316. The van der Waals surface area contributed by atoms with E-state index in [0.717, 1.165) is 30.6 Å². The molecular formula is C21H35NO2S2. The van der Waals surface area contributed by atoms with E-state index in [2.05, 4.69) is 46.9 Å². The first-order chi connectivity index (χ1) is 12.1. The van der Waals surface area contributed by atoms with Crippen LogP contribution in [0.1, 0.15) is 67.2 Å². The second kappa shape index (κ2) is 6.06. The molecule has 148 valence electrons. The lowest BCUT2D eigenvalue weighted by atomic mass is 9.71. The SMILES string of the molecule is CCNC(CSSC(C)(C)C)C(=O)OC1(C)CCCC23CC2C2C1C23C. The van der Waals surface area contributed by atoms with Crippen LogP contribution in [0.3, 0.4) is 0 Å². The summed E-state index contributed by atoms with van der Waals surface area (Å²) < 4.78 is 6.52. The number of esters is 1. The van der Waals surface area contributed by atoms with E-state index in [1.165, 1.54) is 19.3 Å². The van der Waals surface area contributed by atoms with Crippen molar-refractivity contribution in [2.24, 2.45) is 28.6 Å². The zero-order valence-corrected chi connectivity index (χ0v) is 18.8. The van der Waals surface area contributed by atoms with Gasteiger partial charge in [0.25, 0.3) is 0 Å². The molecular weight excluding hydrogens is 362 g/mol. The highest BCUT2D eigenvalue weighted by Crippen LogP contribution is 2.98. The summed E-state index contributed by atoms with van der Waals surface area (Å²) in [5.74, 6) is 3.14. The zero-order chi connectivity index (χ0) is 19.0. The molecule has 7 unspecified atom stereocenters. The van der Waals surface area contributed by atoms with Gasteiger partial charge in [-0.15, -0.1) is 0 Å². The summed E-state index contributed by atoms with van der Waals surface area (Å²) in [6.45, 7) is 14.2. The highest BCUT2D eigenvalue weighted by atomic mass is 33.1. The molecule has 26 heavy (non-hydrogen) atoms. The van der Waals surface area contributed by atoms with Crippen LogP contribution in [0, 0.1) is 28.6 Å². The molecule has 3 nitrogen and oxygen atoms in total. The molecule has 1 N–H and O–H groups in total. The number of rotatable bonds is 7. The van der Waals surface area contributed by atoms with Gasteiger partial charge in [-0.2, -0.15) is 0 Å². The van der Waals surface area contributed by atoms with Crippen LogP contribution >= 0.6 is 21.6 Å². The Bertz CT molecular complexity index is 605. The van der Waals surface area contributed by atoms with Gasteiger partial charge in [-0.25, -0.2) is 0 Å². The standard InChI is InChI=1S/C21H35NO2S2/c1-7-22-14(12-25-26-18(2,3)4)17(23)24-19(5)9-8-10-21-11-13(21)15-16(19)20(15,21)6/h13-16,22H,7-12H2,1-6H3. The number of likely N-dealkylation sites (N-methyl/N-ethyl adjacent to an activating group) is 1. The van der Waals surface area contributed by atoms with Crippen LogP contribution in [-0.2, 0) is 9.53 Å². The van der Waals surface area contributed by atoms with E-state index in [1.54, 1.807) is 10.8 Å². The molecule has 0 aromatic carbocycles. The molecule has 7 atom stereocenters. The summed E-state index contributed by atoms with van der Waals surface area (Å²) in [6, 6.07) is -0.201. The van der Waals surface area contributed by atoms with E-state index in [0.29, 0.717) is 16.7 Å². The van der Waals surface area contributed by atoms with Crippen molar-refractivity contribution in [3.8, 4) is 0 Å². The Morgan fingerprint density at radius 1 is 1.31 bits per heavy atom. The Hall–Kier alpha value is 0.130. The minimum Gasteiger partial charge on any atom is -0.458 e. The van der Waals surface area contributed by atoms with Crippen LogP contribution in [0.4, 0.5) is 0 Å². The van der Waals surface area contributed by atoms with Crippen molar-refractivity contribution in [1.82, 2.24) is 5.32 Å². The van der Waals surface area contributed by atoms with E-state index < -0.39 is 0 Å². The van der Waals surface area contributed by atoms with E-state index in [9.17, 15) is 4.79 Å². The molecule has 4 aliphatic rings. The maximum atomic E-state index is 13.0. The number of carbonyl (C=O) groups is 1. The van der Waals surface area contributed by atoms with Crippen molar-refractivity contribution in [2.75, 3.05) is 12.3 Å². The summed E-state index contributed by atoms with van der Waals surface area (Å²) >= 11 is 0. The quantitative estimate of drug-likeness (QED) is 0.488. The zero-order valence-electron chi connectivity index (χ0n) is 17.2. The van der Waals surface area contributed by atoms with E-state index in [4.69, 9.17) is 4.74 Å². The van der Waals surface area contributed by atoms with Crippen LogP contribution < -0.4 is 5.32 Å². The lowest BCUT2D eigenvalue weighted by molar-refractivity contribution is -0.164. The fourth-order valence-corrected chi connectivity index (χ4v) is 9.28. The van der Waals surface area contributed by atoms with Crippen molar-refractivity contribution in [2.45, 2.75) is 83.6 Å². The van der Waals surface area contributed by atoms with Crippen molar-refractivity contribution in [3.63, 3.8) is 0 Å². The average molecular weight is 398 g/mol. The van der Waals surface area contributed by atoms with Crippen LogP contribution in [0.25, 0.3) is 0 Å². The lowest BCUT2D eigenvalue weighted by Gasteiger charge is -2.33. The van der Waals surface area contributed by atoms with Gasteiger partial charge in [0.05, 0.1) is 0 Å². The number of fused-ring (bicyclic) bond motifs is 2. The molecule has 0 saturated heterocycles. The van der Waals surface area contributed by atoms with Gasteiger partial charge in [0.1, 0.15) is 11.6 Å². The topological polar surface area (TPSA) is 38.3 Å². The second-order valence-corrected chi connectivity index (χ2v) is 13.6. The monoisotopic (exact) mass is 397 g/mol. The smallest absolute Gasteiger partial charge is 0.324 e. The van der Waals surface area contributed by atoms with Gasteiger partial charge in [0.2, 0.25) is 0 Å². The van der Waals surface area contributed by atoms with Gasteiger partial charge >= 0.3 is 5.97 Å². The number of hydrogen-bond donors (Lipinski definition) is 1. The third-order valence-corrected chi connectivity index (χ3v) is 11.1. The fraction of sp³-hybridized carbons (Fsp3) is 0.952. The van der Waals surface area contributed by atoms with E-state index in [-0.39, 0.29) is 22.4 Å². The van der Waals surface area contributed by atoms with Gasteiger partial charge in [0.15, 0.2) is 0 Å². The molecule has 0 aromatic rings. The highest BCUT2D eigenvalue weighted by molar-refractivity contribution is 8.77. The van der Waals surface area contributed by atoms with E-state index >= 15 is 0 Å². The number of hydrogen-bond acceptors (Lipinski definition) is 5. The third kappa shape index (κ3) is 2.70. The van der Waals surface area contributed by atoms with Gasteiger partial charge in [-0.3, -0.25) is 4.79 Å². The molecule has 5 heteroatoms. The molecule has 4 fully saturated rings. The van der Waals surface area contributed by atoms with Gasteiger partial charge in [-0.05, 0) is 61.8 Å². The third-order valence-electron chi connectivity index (χ3n) is 7.79. The maximum absolute atomic E-state index is 13.0. The Labute approximate surface area is 166 Å². The van der Waals surface area contributed by atoms with Crippen LogP contribution in [-0.4, -0.2) is 34.7 Å². The summed E-state index contributed by atoms with van der Waals surface area (Å²) in [6.07, 6.45) is 5.09. The predicted octanol–water partition coefficient (Wildman–Crippen LogP) is 4.90. The largest absolute Gasteiger partial charge is 0.458 e. The first kappa shape index (κ1) is 19.4. The van der Waals surface area contributed by atoms with Gasteiger partial charge in [-0.1, -0.05) is 56.2 Å². The summed E-state index contributed by atoms with van der Waals surface area (Å²) in [4.78, 5) is 13.0. The van der Waals surface area contributed by atoms with Crippen LogP contribution in [0.15, 0.2) is 0 Å². The Morgan fingerprint density at radius 3 is 2.69 bits per heavy atom. The fourth-order valence-electron chi connectivity index (χ4n) is 6.80. The summed E-state index contributed by atoms with van der Waals surface area (Å²) in [5, 5.41) is 3.36. The minimum atomic E-state index is -0.247. The van der Waals surface area contributed by atoms with Crippen LogP contribution in [0.5, 0.6) is 0 Å². The maximum Gasteiger partial charge on any atom is 0.324 e. The summed E-state index contributed by atoms with van der Waals surface area (Å²) in [7, 11) is 3.62. The second-order valence-electron chi connectivity index (χ2n) is 10.4. The normalized spacial score (nSPS) is 46.3. The van der Waals surface area contributed by atoms with Crippen molar-refractivity contribution >= 4 is 27.6 Å². The van der Waals surface area contributed by atoms with Crippen molar-refractivity contribution < 1.29 is 9.53 Å². The molecule has 4 rings (SSSR count). The van der Waals surface area contributed by atoms with Crippen molar-refractivity contribution in [3.05, 3.63) is 0 Å². The molecule has 0 radical (unpaired) electrons. The first-order valence-corrected chi connectivity index (χ1v) is 12.7. The molecule has 4 saturated carbocycles. The van der Waals surface area contributed by atoms with Gasteiger partial charge < -0.3 is 10.1 Å². The molecule has 0 aromatic heterocycles. The Kier molecular flexibility index (Phi) is 4.53. The first-order valence-electron chi connectivity index (χ1n) is 10.4.